The van der Waals surface area contributed by atoms with Crippen molar-refractivity contribution >= 4 is 10.9 Å². The van der Waals surface area contributed by atoms with Crippen LogP contribution in [0.1, 0.15) is 16.7 Å². The van der Waals surface area contributed by atoms with E-state index in [1.807, 2.05) is 18.3 Å². The second kappa shape index (κ2) is 2.85. The van der Waals surface area contributed by atoms with Crippen LogP contribution in [0.4, 0.5) is 0 Å². The molecule has 74 valence electrons. The van der Waals surface area contributed by atoms with E-state index in [1.165, 1.54) is 10.9 Å². The van der Waals surface area contributed by atoms with Gasteiger partial charge in [-0.25, -0.2) is 0 Å². The van der Waals surface area contributed by atoms with E-state index in [-0.39, 0.29) is 6.04 Å². The smallest absolute Gasteiger partial charge is 0.0994 e. The highest BCUT2D eigenvalue weighted by atomic mass is 14.7. The molecule has 1 aliphatic carbocycles. The summed E-state index contributed by atoms with van der Waals surface area (Å²) in [7, 11) is 0. The molecule has 3 heteroatoms. The number of H-pyrrole nitrogens is 1. The molecular weight excluding hydrogens is 186 g/mol. The zero-order chi connectivity index (χ0) is 10.4. The molecule has 0 amide bonds. The Hall–Kier alpha value is -1.79. The predicted molar refractivity (Wildman–Crippen MR) is 58.4 cm³/mol. The van der Waals surface area contributed by atoms with Crippen LogP contribution >= 0.6 is 0 Å². The van der Waals surface area contributed by atoms with Crippen molar-refractivity contribution in [3.05, 3.63) is 35.0 Å². The molecule has 1 aliphatic rings. The van der Waals surface area contributed by atoms with Crippen molar-refractivity contribution in [1.82, 2.24) is 4.98 Å². The van der Waals surface area contributed by atoms with Crippen LogP contribution in [0, 0.1) is 11.3 Å². The number of hydrogen-bond acceptors (Lipinski definition) is 2. The van der Waals surface area contributed by atoms with E-state index in [0.717, 1.165) is 29.5 Å². The van der Waals surface area contributed by atoms with E-state index in [9.17, 15) is 0 Å². The monoisotopic (exact) mass is 197 g/mol. The van der Waals surface area contributed by atoms with E-state index in [0.29, 0.717) is 0 Å². The van der Waals surface area contributed by atoms with E-state index < -0.39 is 0 Å². The van der Waals surface area contributed by atoms with Crippen LogP contribution in [0.25, 0.3) is 10.9 Å². The summed E-state index contributed by atoms with van der Waals surface area (Å²) in [5, 5.41) is 10.3. The normalized spacial score (nSPS) is 19.1. The number of aromatic amines is 1. The van der Waals surface area contributed by atoms with Gasteiger partial charge in [-0.3, -0.25) is 0 Å². The van der Waals surface area contributed by atoms with E-state index in [4.69, 9.17) is 11.0 Å². The van der Waals surface area contributed by atoms with Crippen LogP contribution in [-0.2, 0) is 12.8 Å². The molecule has 0 radical (unpaired) electrons. The van der Waals surface area contributed by atoms with Gasteiger partial charge in [0.1, 0.15) is 0 Å². The largest absolute Gasteiger partial charge is 0.361 e. The maximum Gasteiger partial charge on any atom is 0.0994 e. The molecule has 1 aromatic heterocycles. The summed E-state index contributed by atoms with van der Waals surface area (Å²) in [6.45, 7) is 0. The van der Waals surface area contributed by atoms with Gasteiger partial charge >= 0.3 is 0 Å². The van der Waals surface area contributed by atoms with Crippen LogP contribution in [0.5, 0.6) is 0 Å². The molecule has 3 N–H and O–H groups in total. The first-order valence-corrected chi connectivity index (χ1v) is 5.07. The quantitative estimate of drug-likeness (QED) is 0.671. The Morgan fingerprint density at radius 1 is 1.40 bits per heavy atom. The first-order valence-electron chi connectivity index (χ1n) is 5.07. The summed E-state index contributed by atoms with van der Waals surface area (Å²) >= 11 is 0. The van der Waals surface area contributed by atoms with Crippen molar-refractivity contribution in [2.45, 2.75) is 18.9 Å². The lowest BCUT2D eigenvalue weighted by molar-refractivity contribution is 0.656. The van der Waals surface area contributed by atoms with Gasteiger partial charge in [-0.1, -0.05) is 0 Å². The fraction of sp³-hybridized carbons (Fsp3) is 0.250. The molecular formula is C12H11N3. The van der Waals surface area contributed by atoms with Crippen molar-refractivity contribution in [3.8, 4) is 6.07 Å². The molecule has 0 saturated heterocycles. The van der Waals surface area contributed by atoms with Crippen LogP contribution in [0.15, 0.2) is 18.3 Å². The number of nitriles is 1. The first-order chi connectivity index (χ1) is 7.29. The lowest BCUT2D eigenvalue weighted by Crippen LogP contribution is -2.28. The molecule has 0 aliphatic heterocycles. The van der Waals surface area contributed by atoms with Crippen LogP contribution in [-0.4, -0.2) is 11.0 Å². The zero-order valence-corrected chi connectivity index (χ0v) is 8.25. The Morgan fingerprint density at radius 2 is 2.27 bits per heavy atom. The minimum Gasteiger partial charge on any atom is -0.361 e. The zero-order valence-electron chi connectivity index (χ0n) is 8.25. The predicted octanol–water partition coefficient (Wildman–Crippen LogP) is 1.47. The van der Waals surface area contributed by atoms with Crippen molar-refractivity contribution in [1.29, 1.82) is 5.26 Å². The summed E-state index contributed by atoms with van der Waals surface area (Å²) in [5.41, 5.74) is 10.2. The number of nitrogens with one attached hydrogen (secondary N) is 1. The van der Waals surface area contributed by atoms with Gasteiger partial charge in [0.15, 0.2) is 0 Å². The second-order valence-corrected chi connectivity index (χ2v) is 4.11. The maximum absolute atomic E-state index is 9.05. The molecule has 15 heavy (non-hydrogen) atoms. The van der Waals surface area contributed by atoms with Gasteiger partial charge in [0, 0.05) is 23.1 Å². The van der Waals surface area contributed by atoms with Gasteiger partial charge in [-0.2, -0.15) is 5.26 Å². The molecule has 3 nitrogen and oxygen atoms in total. The van der Waals surface area contributed by atoms with Gasteiger partial charge in [-0.15, -0.1) is 0 Å². The third-order valence-corrected chi connectivity index (χ3v) is 3.10. The minimum absolute atomic E-state index is 0.144. The summed E-state index contributed by atoms with van der Waals surface area (Å²) in [6.07, 6.45) is 3.72. The average Bonchev–Trinajstić information content (AvgIpc) is 2.63. The summed E-state index contributed by atoms with van der Waals surface area (Å²) in [6, 6.07) is 6.23. The topological polar surface area (TPSA) is 65.6 Å². The van der Waals surface area contributed by atoms with Crippen LogP contribution < -0.4 is 5.73 Å². The average molecular weight is 197 g/mol. The van der Waals surface area contributed by atoms with Crippen molar-refractivity contribution in [3.63, 3.8) is 0 Å². The Morgan fingerprint density at radius 3 is 3.07 bits per heavy atom. The van der Waals surface area contributed by atoms with Crippen LogP contribution in [0.3, 0.4) is 0 Å². The highest BCUT2D eigenvalue weighted by Gasteiger charge is 2.21. The number of aromatic nitrogens is 1. The fourth-order valence-electron chi connectivity index (χ4n) is 2.47. The van der Waals surface area contributed by atoms with Gasteiger partial charge < -0.3 is 10.7 Å². The molecule has 1 aromatic carbocycles. The molecule has 0 fully saturated rings. The van der Waals surface area contributed by atoms with E-state index in [2.05, 4.69) is 11.1 Å². The van der Waals surface area contributed by atoms with E-state index >= 15 is 0 Å². The SMILES string of the molecule is N#Cc1ccc2[nH]cc3c2c1CC(N)C3. The summed E-state index contributed by atoms with van der Waals surface area (Å²) in [5.74, 6) is 0. The Kier molecular flexibility index (Phi) is 1.62. The first kappa shape index (κ1) is 8.51. The molecule has 2 aromatic rings. The molecule has 0 spiro atoms. The Labute approximate surface area is 87.5 Å². The molecule has 0 bridgehead atoms. The number of nitrogens with zero attached hydrogens (tertiary/aromatic N) is 1. The number of hydrogen-bond donors (Lipinski definition) is 2. The van der Waals surface area contributed by atoms with Gasteiger partial charge in [0.05, 0.1) is 11.6 Å². The molecule has 3 rings (SSSR count). The number of nitrogens with two attached hydrogens (primary N) is 1. The minimum atomic E-state index is 0.144. The summed E-state index contributed by atoms with van der Waals surface area (Å²) < 4.78 is 0. The molecule has 0 saturated carbocycles. The van der Waals surface area contributed by atoms with Gasteiger partial charge in [-0.05, 0) is 36.1 Å². The van der Waals surface area contributed by atoms with Gasteiger partial charge in [0.2, 0.25) is 0 Å². The van der Waals surface area contributed by atoms with E-state index in [1.54, 1.807) is 0 Å². The maximum atomic E-state index is 9.05. The standard InChI is InChI=1S/C12H11N3/c13-5-7-1-2-11-12-8(6-15-11)3-9(14)4-10(7)12/h1-2,6,9,15H,3-4,14H2. The highest BCUT2D eigenvalue weighted by molar-refractivity contribution is 5.89. The van der Waals surface area contributed by atoms with Crippen molar-refractivity contribution in [2.75, 3.05) is 0 Å². The Balaban J connectivity index is 2.41. The van der Waals surface area contributed by atoms with Gasteiger partial charge in [0.25, 0.3) is 0 Å². The molecule has 1 unspecified atom stereocenters. The highest BCUT2D eigenvalue weighted by Crippen LogP contribution is 2.31. The lowest BCUT2D eigenvalue weighted by Gasteiger charge is -2.19. The lowest BCUT2D eigenvalue weighted by atomic mass is 9.87. The third-order valence-electron chi connectivity index (χ3n) is 3.10. The second-order valence-electron chi connectivity index (χ2n) is 4.11. The number of benzene rings is 1. The molecule has 1 atom stereocenters. The fourth-order valence-corrected chi connectivity index (χ4v) is 2.47. The number of rotatable bonds is 0. The van der Waals surface area contributed by atoms with Crippen molar-refractivity contribution in [2.24, 2.45) is 5.73 Å². The van der Waals surface area contributed by atoms with Crippen molar-refractivity contribution < 1.29 is 0 Å². The molecule has 1 heterocycles. The summed E-state index contributed by atoms with van der Waals surface area (Å²) in [4.78, 5) is 3.23. The van der Waals surface area contributed by atoms with Crippen LogP contribution in [0.2, 0.25) is 0 Å². The third kappa shape index (κ3) is 1.09. The Bertz CT molecular complexity index is 574.